The third-order valence-corrected chi connectivity index (χ3v) is 7.60. The van der Waals surface area contributed by atoms with Gasteiger partial charge in [0.25, 0.3) is 0 Å². The zero-order valence-electron chi connectivity index (χ0n) is 15.2. The summed E-state index contributed by atoms with van der Waals surface area (Å²) in [7, 11) is -2.97. The quantitative estimate of drug-likeness (QED) is 0.566. The minimum atomic E-state index is -2.97. The topological polar surface area (TPSA) is 60.1 Å². The SMILES string of the molecule is C=CCn1c([C@@H]2CCS(=O)(=O)C2)nn(CN2CCc3ccccc3C2)c1=S. The highest BCUT2D eigenvalue weighted by Gasteiger charge is 2.33. The van der Waals surface area contributed by atoms with Gasteiger partial charge in [-0.25, -0.2) is 13.1 Å². The molecule has 4 rings (SSSR count). The molecule has 2 aliphatic heterocycles. The molecule has 8 heteroatoms. The third kappa shape index (κ3) is 3.79. The van der Waals surface area contributed by atoms with Crippen LogP contribution in [0.5, 0.6) is 0 Å². The molecule has 0 aliphatic carbocycles. The normalized spacial score (nSPS) is 21.9. The van der Waals surface area contributed by atoms with Crippen molar-refractivity contribution in [2.45, 2.75) is 38.5 Å². The Kier molecular flexibility index (Phi) is 5.05. The number of allylic oxidation sites excluding steroid dienone is 1. The summed E-state index contributed by atoms with van der Waals surface area (Å²) in [5.41, 5.74) is 2.76. The van der Waals surface area contributed by atoms with Crippen molar-refractivity contribution < 1.29 is 8.42 Å². The molecule has 3 heterocycles. The van der Waals surface area contributed by atoms with E-state index in [2.05, 4.69) is 35.7 Å². The van der Waals surface area contributed by atoms with Gasteiger partial charge < -0.3 is 0 Å². The molecule has 0 radical (unpaired) electrons. The van der Waals surface area contributed by atoms with E-state index in [1.807, 2.05) is 9.25 Å². The maximum atomic E-state index is 11.9. The molecule has 0 bridgehead atoms. The predicted molar refractivity (Wildman–Crippen MR) is 108 cm³/mol. The van der Waals surface area contributed by atoms with E-state index in [1.54, 1.807) is 6.08 Å². The molecule has 1 aromatic carbocycles. The number of benzene rings is 1. The van der Waals surface area contributed by atoms with E-state index in [4.69, 9.17) is 17.3 Å². The van der Waals surface area contributed by atoms with Gasteiger partial charge >= 0.3 is 0 Å². The van der Waals surface area contributed by atoms with Crippen LogP contribution in [0.4, 0.5) is 0 Å². The number of rotatable bonds is 5. The Morgan fingerprint density at radius 3 is 2.78 bits per heavy atom. The van der Waals surface area contributed by atoms with Crippen molar-refractivity contribution in [3.05, 3.63) is 58.6 Å². The van der Waals surface area contributed by atoms with E-state index in [-0.39, 0.29) is 17.4 Å². The van der Waals surface area contributed by atoms with E-state index in [1.165, 1.54) is 11.1 Å². The Labute approximate surface area is 165 Å². The summed E-state index contributed by atoms with van der Waals surface area (Å²) in [6.45, 7) is 6.81. The van der Waals surface area contributed by atoms with Crippen molar-refractivity contribution in [1.29, 1.82) is 0 Å². The number of nitrogens with zero attached hydrogens (tertiary/aromatic N) is 4. The Hall–Kier alpha value is -1.77. The highest BCUT2D eigenvalue weighted by atomic mass is 32.2. The van der Waals surface area contributed by atoms with Gasteiger partial charge in [-0.15, -0.1) is 6.58 Å². The van der Waals surface area contributed by atoms with Crippen LogP contribution in [0.15, 0.2) is 36.9 Å². The van der Waals surface area contributed by atoms with Gasteiger partial charge in [0, 0.05) is 25.6 Å². The molecule has 27 heavy (non-hydrogen) atoms. The highest BCUT2D eigenvalue weighted by molar-refractivity contribution is 7.91. The fourth-order valence-electron chi connectivity index (χ4n) is 4.02. The first-order chi connectivity index (χ1) is 13.0. The fourth-order valence-corrected chi connectivity index (χ4v) is 6.02. The lowest BCUT2D eigenvalue weighted by atomic mass is 10.0. The van der Waals surface area contributed by atoms with Gasteiger partial charge in [0.05, 0.1) is 18.2 Å². The van der Waals surface area contributed by atoms with Crippen molar-refractivity contribution in [2.24, 2.45) is 0 Å². The molecule has 1 aromatic heterocycles. The highest BCUT2D eigenvalue weighted by Crippen LogP contribution is 2.28. The summed E-state index contributed by atoms with van der Waals surface area (Å²) < 4.78 is 28.2. The molecule has 0 unspecified atom stereocenters. The summed E-state index contributed by atoms with van der Waals surface area (Å²) in [4.78, 5) is 2.33. The van der Waals surface area contributed by atoms with Crippen LogP contribution in [0.1, 0.15) is 29.3 Å². The van der Waals surface area contributed by atoms with Crippen LogP contribution in [-0.4, -0.2) is 45.7 Å². The van der Waals surface area contributed by atoms with Gasteiger partial charge in [-0.05, 0) is 36.2 Å². The van der Waals surface area contributed by atoms with Gasteiger partial charge in [-0.2, -0.15) is 5.10 Å². The molecule has 0 saturated carbocycles. The van der Waals surface area contributed by atoms with E-state index < -0.39 is 9.84 Å². The standard InChI is InChI=1S/C19H24N4O2S2/c1-2-9-22-18(17-8-11-27(24,25)13-17)20-23(19(22)26)14-21-10-7-15-5-3-4-6-16(15)12-21/h2-6,17H,1,7-14H2/t17-/m1/s1. The van der Waals surface area contributed by atoms with Crippen molar-refractivity contribution in [3.63, 3.8) is 0 Å². The number of hydrogen-bond acceptors (Lipinski definition) is 5. The number of sulfone groups is 1. The largest absolute Gasteiger partial charge is 0.300 e. The first-order valence-electron chi connectivity index (χ1n) is 9.25. The van der Waals surface area contributed by atoms with Crippen molar-refractivity contribution >= 4 is 22.1 Å². The zero-order valence-corrected chi connectivity index (χ0v) is 16.9. The van der Waals surface area contributed by atoms with Crippen molar-refractivity contribution in [1.82, 2.24) is 19.2 Å². The molecule has 2 aromatic rings. The van der Waals surface area contributed by atoms with Gasteiger partial charge in [0.15, 0.2) is 14.6 Å². The molecule has 6 nitrogen and oxygen atoms in total. The van der Waals surface area contributed by atoms with E-state index in [0.29, 0.717) is 24.4 Å². The molecular formula is C19H24N4O2S2. The monoisotopic (exact) mass is 404 g/mol. The van der Waals surface area contributed by atoms with Crippen LogP contribution >= 0.6 is 12.2 Å². The first-order valence-corrected chi connectivity index (χ1v) is 11.5. The molecule has 2 aliphatic rings. The third-order valence-electron chi connectivity index (χ3n) is 5.40. The first kappa shape index (κ1) is 18.6. The maximum absolute atomic E-state index is 11.9. The molecule has 0 spiro atoms. The Morgan fingerprint density at radius 2 is 2.07 bits per heavy atom. The summed E-state index contributed by atoms with van der Waals surface area (Å²) >= 11 is 5.66. The molecule has 144 valence electrons. The van der Waals surface area contributed by atoms with Crippen molar-refractivity contribution in [3.8, 4) is 0 Å². The van der Waals surface area contributed by atoms with Crippen LogP contribution in [0.25, 0.3) is 0 Å². The zero-order chi connectivity index (χ0) is 19.0. The lowest BCUT2D eigenvalue weighted by molar-refractivity contribution is 0.187. The minimum absolute atomic E-state index is 0.0834. The smallest absolute Gasteiger partial charge is 0.199 e. The summed E-state index contributed by atoms with van der Waals surface area (Å²) in [5, 5.41) is 4.75. The number of fused-ring (bicyclic) bond motifs is 1. The molecular weight excluding hydrogens is 380 g/mol. The number of hydrogen-bond donors (Lipinski definition) is 0. The summed E-state index contributed by atoms with van der Waals surface area (Å²) in [6, 6.07) is 8.52. The summed E-state index contributed by atoms with van der Waals surface area (Å²) in [5.74, 6) is 1.08. The molecule has 0 amide bonds. The van der Waals surface area contributed by atoms with E-state index in [9.17, 15) is 8.42 Å². The van der Waals surface area contributed by atoms with Gasteiger partial charge in [-0.1, -0.05) is 30.3 Å². The van der Waals surface area contributed by atoms with E-state index >= 15 is 0 Å². The van der Waals surface area contributed by atoms with Crippen LogP contribution < -0.4 is 0 Å². The second kappa shape index (κ2) is 7.33. The van der Waals surface area contributed by atoms with Gasteiger partial charge in [0.2, 0.25) is 0 Å². The Bertz CT molecular complexity index is 1020. The second-order valence-electron chi connectivity index (χ2n) is 7.35. The average molecular weight is 405 g/mol. The van der Waals surface area contributed by atoms with Gasteiger partial charge in [0.1, 0.15) is 5.82 Å². The molecule has 1 saturated heterocycles. The Morgan fingerprint density at radius 1 is 1.30 bits per heavy atom. The molecule has 1 fully saturated rings. The average Bonchev–Trinajstić information content (AvgIpc) is 3.16. The lowest BCUT2D eigenvalue weighted by Gasteiger charge is -2.28. The maximum Gasteiger partial charge on any atom is 0.199 e. The van der Waals surface area contributed by atoms with Crippen LogP contribution in [-0.2, 0) is 36.0 Å². The van der Waals surface area contributed by atoms with Crippen LogP contribution in [0.2, 0.25) is 0 Å². The van der Waals surface area contributed by atoms with Crippen molar-refractivity contribution in [2.75, 3.05) is 18.1 Å². The second-order valence-corrected chi connectivity index (χ2v) is 9.95. The lowest BCUT2D eigenvalue weighted by Crippen LogP contribution is -2.32. The van der Waals surface area contributed by atoms with Crippen LogP contribution in [0.3, 0.4) is 0 Å². The van der Waals surface area contributed by atoms with Crippen LogP contribution in [0, 0.1) is 4.77 Å². The molecule has 1 atom stereocenters. The predicted octanol–water partition coefficient (Wildman–Crippen LogP) is 2.52. The number of aromatic nitrogens is 3. The Balaban J connectivity index is 1.59. The van der Waals surface area contributed by atoms with E-state index in [0.717, 1.165) is 25.3 Å². The van der Waals surface area contributed by atoms with Gasteiger partial charge in [-0.3, -0.25) is 9.47 Å². The summed E-state index contributed by atoms with van der Waals surface area (Å²) in [6.07, 6.45) is 3.42. The molecule has 0 N–H and O–H groups in total. The minimum Gasteiger partial charge on any atom is -0.300 e. The fraction of sp³-hybridized carbons (Fsp3) is 0.474.